The van der Waals surface area contributed by atoms with Crippen LogP contribution in [0.5, 0.6) is 0 Å². The summed E-state index contributed by atoms with van der Waals surface area (Å²) in [6, 6.07) is 0. The molecule has 10 heavy (non-hydrogen) atoms. The van der Waals surface area contributed by atoms with Crippen LogP contribution in [0.3, 0.4) is 0 Å². The zero-order valence-corrected chi connectivity index (χ0v) is 5.71. The average Bonchev–Trinajstić information content (AvgIpc) is 2.41. The first-order valence-corrected chi connectivity index (χ1v) is 3.13. The average molecular weight is 138 g/mol. The maximum absolute atomic E-state index is 4.63. The minimum absolute atomic E-state index is 0.787. The molecule has 0 unspecified atom stereocenters. The third kappa shape index (κ3) is 2.03. The van der Waals surface area contributed by atoms with Crippen LogP contribution in [0, 0.1) is 0 Å². The Morgan fingerprint density at radius 2 is 2.70 bits per heavy atom. The van der Waals surface area contributed by atoms with E-state index >= 15 is 0 Å². The molecule has 0 saturated heterocycles. The van der Waals surface area contributed by atoms with Gasteiger partial charge in [-0.1, -0.05) is 11.2 Å². The van der Waals surface area contributed by atoms with E-state index in [4.69, 9.17) is 0 Å². The molecule has 1 rings (SSSR count). The largest absolute Gasteiger partial charge is 0.364 e. The molecule has 0 amide bonds. The SMILES string of the molecule is C=CCNCc1cnoc1. The third-order valence-electron chi connectivity index (χ3n) is 1.10. The normalized spacial score (nSPS) is 9.60. The van der Waals surface area contributed by atoms with Gasteiger partial charge in [-0.2, -0.15) is 0 Å². The van der Waals surface area contributed by atoms with Crippen LogP contribution in [0.4, 0.5) is 0 Å². The zero-order chi connectivity index (χ0) is 7.23. The number of rotatable bonds is 4. The molecule has 0 saturated carbocycles. The highest BCUT2D eigenvalue weighted by molar-refractivity contribution is 4.99. The van der Waals surface area contributed by atoms with Crippen molar-refractivity contribution in [3.63, 3.8) is 0 Å². The maximum Gasteiger partial charge on any atom is 0.128 e. The van der Waals surface area contributed by atoms with Gasteiger partial charge in [-0.25, -0.2) is 0 Å². The Hall–Kier alpha value is -1.09. The van der Waals surface area contributed by atoms with Crippen molar-refractivity contribution in [2.45, 2.75) is 6.54 Å². The molecule has 54 valence electrons. The molecule has 0 aromatic carbocycles. The molecule has 0 atom stereocenters. The molecule has 3 heteroatoms. The minimum Gasteiger partial charge on any atom is -0.364 e. The van der Waals surface area contributed by atoms with Gasteiger partial charge < -0.3 is 9.84 Å². The van der Waals surface area contributed by atoms with Crippen molar-refractivity contribution in [1.82, 2.24) is 10.5 Å². The summed E-state index contributed by atoms with van der Waals surface area (Å²) in [4.78, 5) is 0. The Kier molecular flexibility index (Phi) is 2.70. The second-order valence-electron chi connectivity index (χ2n) is 1.95. The van der Waals surface area contributed by atoms with Crippen molar-refractivity contribution in [2.75, 3.05) is 6.54 Å². The number of aromatic nitrogens is 1. The fourth-order valence-corrected chi connectivity index (χ4v) is 0.633. The molecule has 0 aliphatic carbocycles. The summed E-state index contributed by atoms with van der Waals surface area (Å²) in [5, 5.41) is 6.68. The zero-order valence-electron chi connectivity index (χ0n) is 5.71. The van der Waals surface area contributed by atoms with Crippen LogP contribution in [-0.4, -0.2) is 11.7 Å². The molecule has 0 aliphatic heterocycles. The predicted octanol–water partition coefficient (Wildman–Crippen LogP) is 0.950. The summed E-state index contributed by atoms with van der Waals surface area (Å²) in [7, 11) is 0. The van der Waals surface area contributed by atoms with Gasteiger partial charge in [0.2, 0.25) is 0 Å². The number of nitrogens with one attached hydrogen (secondary N) is 1. The smallest absolute Gasteiger partial charge is 0.128 e. The van der Waals surface area contributed by atoms with E-state index in [9.17, 15) is 0 Å². The van der Waals surface area contributed by atoms with Crippen molar-refractivity contribution in [1.29, 1.82) is 0 Å². The number of hydrogen-bond donors (Lipinski definition) is 1. The van der Waals surface area contributed by atoms with Crippen LogP contribution < -0.4 is 5.32 Å². The number of nitrogens with zero attached hydrogens (tertiary/aromatic N) is 1. The lowest BCUT2D eigenvalue weighted by molar-refractivity contribution is 0.418. The molecule has 1 aromatic heterocycles. The second-order valence-corrected chi connectivity index (χ2v) is 1.95. The van der Waals surface area contributed by atoms with Gasteiger partial charge in [-0.3, -0.25) is 0 Å². The first-order valence-electron chi connectivity index (χ1n) is 3.13. The van der Waals surface area contributed by atoms with E-state index in [1.54, 1.807) is 12.5 Å². The van der Waals surface area contributed by atoms with Gasteiger partial charge in [-0.15, -0.1) is 6.58 Å². The third-order valence-corrected chi connectivity index (χ3v) is 1.10. The van der Waals surface area contributed by atoms with Crippen molar-refractivity contribution in [3.8, 4) is 0 Å². The quantitative estimate of drug-likeness (QED) is 0.497. The molecular weight excluding hydrogens is 128 g/mol. The first-order chi connectivity index (χ1) is 4.93. The van der Waals surface area contributed by atoms with Gasteiger partial charge in [0.05, 0.1) is 6.20 Å². The summed E-state index contributed by atoms with van der Waals surface area (Å²) in [6.07, 6.45) is 5.12. The molecule has 0 spiro atoms. The second kappa shape index (κ2) is 3.85. The molecule has 3 nitrogen and oxygen atoms in total. The van der Waals surface area contributed by atoms with E-state index in [1.165, 1.54) is 0 Å². The summed E-state index contributed by atoms with van der Waals surface area (Å²) < 4.78 is 4.63. The number of hydrogen-bond acceptors (Lipinski definition) is 3. The van der Waals surface area contributed by atoms with Gasteiger partial charge in [0.15, 0.2) is 0 Å². The monoisotopic (exact) mass is 138 g/mol. The van der Waals surface area contributed by atoms with Crippen molar-refractivity contribution in [2.24, 2.45) is 0 Å². The van der Waals surface area contributed by atoms with E-state index in [-0.39, 0.29) is 0 Å². The van der Waals surface area contributed by atoms with Crippen LogP contribution in [-0.2, 0) is 6.54 Å². The molecular formula is C7H10N2O. The highest BCUT2D eigenvalue weighted by Gasteiger charge is 1.91. The lowest BCUT2D eigenvalue weighted by Crippen LogP contribution is -2.11. The predicted molar refractivity (Wildman–Crippen MR) is 38.4 cm³/mol. The molecule has 0 fully saturated rings. The molecule has 0 radical (unpaired) electrons. The Morgan fingerprint density at radius 1 is 1.80 bits per heavy atom. The van der Waals surface area contributed by atoms with Crippen LogP contribution in [0.15, 0.2) is 29.6 Å². The molecule has 1 N–H and O–H groups in total. The maximum atomic E-state index is 4.63. The first kappa shape index (κ1) is 7.02. The Bertz CT molecular complexity index is 181. The van der Waals surface area contributed by atoms with Gasteiger partial charge in [0.25, 0.3) is 0 Å². The van der Waals surface area contributed by atoms with Crippen molar-refractivity contribution < 1.29 is 4.52 Å². The van der Waals surface area contributed by atoms with Crippen LogP contribution in [0.25, 0.3) is 0 Å². The van der Waals surface area contributed by atoms with Gasteiger partial charge in [-0.05, 0) is 0 Å². The van der Waals surface area contributed by atoms with E-state index in [2.05, 4.69) is 21.6 Å². The Balaban J connectivity index is 2.21. The van der Waals surface area contributed by atoms with Crippen LogP contribution in [0.2, 0.25) is 0 Å². The summed E-state index contributed by atoms with van der Waals surface area (Å²) >= 11 is 0. The summed E-state index contributed by atoms with van der Waals surface area (Å²) in [5.41, 5.74) is 1.06. The highest BCUT2D eigenvalue weighted by Crippen LogP contribution is 1.93. The molecule has 0 aliphatic rings. The topological polar surface area (TPSA) is 38.1 Å². The summed E-state index contributed by atoms with van der Waals surface area (Å²) in [6.45, 7) is 5.18. The van der Waals surface area contributed by atoms with E-state index in [0.29, 0.717) is 0 Å². The van der Waals surface area contributed by atoms with Gasteiger partial charge in [0, 0.05) is 18.7 Å². The van der Waals surface area contributed by atoms with Crippen molar-refractivity contribution in [3.05, 3.63) is 30.7 Å². The fourth-order valence-electron chi connectivity index (χ4n) is 0.633. The van der Waals surface area contributed by atoms with Crippen LogP contribution in [0.1, 0.15) is 5.56 Å². The lowest BCUT2D eigenvalue weighted by atomic mass is 10.4. The molecule has 1 aromatic rings. The Labute approximate surface area is 59.7 Å². The van der Waals surface area contributed by atoms with Crippen molar-refractivity contribution >= 4 is 0 Å². The van der Waals surface area contributed by atoms with E-state index in [0.717, 1.165) is 18.7 Å². The fraction of sp³-hybridized carbons (Fsp3) is 0.286. The molecule has 1 heterocycles. The van der Waals surface area contributed by atoms with E-state index < -0.39 is 0 Å². The standard InChI is InChI=1S/C7H10N2O/c1-2-3-8-4-7-5-9-10-6-7/h2,5-6,8H,1,3-4H2. The van der Waals surface area contributed by atoms with Gasteiger partial charge in [0.1, 0.15) is 6.26 Å². The van der Waals surface area contributed by atoms with Crippen LogP contribution >= 0.6 is 0 Å². The Morgan fingerprint density at radius 3 is 3.30 bits per heavy atom. The lowest BCUT2D eigenvalue weighted by Gasteiger charge is -1.94. The molecule has 0 bridgehead atoms. The highest BCUT2D eigenvalue weighted by atomic mass is 16.5. The minimum atomic E-state index is 0.787. The summed E-state index contributed by atoms with van der Waals surface area (Å²) in [5.74, 6) is 0. The van der Waals surface area contributed by atoms with Gasteiger partial charge >= 0.3 is 0 Å². The van der Waals surface area contributed by atoms with E-state index in [1.807, 2.05) is 6.08 Å².